The predicted octanol–water partition coefficient (Wildman–Crippen LogP) is 0.937. The Hall–Kier alpha value is -1.21. The van der Waals surface area contributed by atoms with Crippen molar-refractivity contribution in [3.05, 3.63) is 30.1 Å². The molecular weight excluding hydrogens is 309 g/mol. The molecule has 6 heteroatoms. The summed E-state index contributed by atoms with van der Waals surface area (Å²) in [6.07, 6.45) is 1.82. The van der Waals surface area contributed by atoms with E-state index >= 15 is 0 Å². The van der Waals surface area contributed by atoms with Crippen LogP contribution in [0, 0.1) is 5.82 Å². The molecule has 0 radical (unpaired) electrons. The molecule has 1 aromatic carbocycles. The van der Waals surface area contributed by atoms with Crippen LogP contribution in [-0.2, 0) is 0 Å². The average Bonchev–Trinajstić information content (AvgIpc) is 3.01. The third-order valence-corrected chi connectivity index (χ3v) is 4.91. The van der Waals surface area contributed by atoms with E-state index in [0.717, 1.165) is 64.4 Å². The van der Waals surface area contributed by atoms with Crippen molar-refractivity contribution in [1.29, 1.82) is 0 Å². The maximum atomic E-state index is 12.8. The molecule has 2 heterocycles. The number of nitrogens with zero attached hydrogens (tertiary/aromatic N) is 2. The summed E-state index contributed by atoms with van der Waals surface area (Å²) in [5.41, 5.74) is -0.537. The van der Waals surface area contributed by atoms with Crippen LogP contribution in [0.15, 0.2) is 24.3 Å². The smallest absolute Gasteiger partial charge is 0.123 e. The van der Waals surface area contributed by atoms with Crippen LogP contribution in [0.1, 0.15) is 12.8 Å². The first-order valence-corrected chi connectivity index (χ1v) is 8.89. The van der Waals surface area contributed by atoms with Crippen LogP contribution >= 0.6 is 0 Å². The van der Waals surface area contributed by atoms with Crippen LogP contribution in [0.2, 0.25) is 0 Å². The van der Waals surface area contributed by atoms with E-state index < -0.39 is 5.60 Å². The Kier molecular flexibility index (Phi) is 6.05. The minimum Gasteiger partial charge on any atom is -0.494 e. The molecule has 2 fully saturated rings. The number of halogens is 1. The monoisotopic (exact) mass is 337 g/mol. The van der Waals surface area contributed by atoms with Crippen molar-refractivity contribution in [2.24, 2.45) is 0 Å². The predicted molar refractivity (Wildman–Crippen MR) is 91.8 cm³/mol. The molecule has 0 saturated carbocycles. The van der Waals surface area contributed by atoms with Gasteiger partial charge < -0.3 is 20.1 Å². The van der Waals surface area contributed by atoms with Gasteiger partial charge in [-0.3, -0.25) is 4.90 Å². The molecule has 0 spiro atoms. The molecule has 2 saturated heterocycles. The summed E-state index contributed by atoms with van der Waals surface area (Å²) in [5, 5.41) is 13.7. The van der Waals surface area contributed by atoms with Crippen molar-refractivity contribution in [3.63, 3.8) is 0 Å². The topological polar surface area (TPSA) is 48.0 Å². The number of benzene rings is 1. The second-order valence-corrected chi connectivity index (χ2v) is 6.92. The summed E-state index contributed by atoms with van der Waals surface area (Å²) in [7, 11) is 0. The van der Waals surface area contributed by atoms with Gasteiger partial charge in [-0.15, -0.1) is 0 Å². The molecule has 2 aliphatic heterocycles. The maximum Gasteiger partial charge on any atom is 0.123 e. The fourth-order valence-corrected chi connectivity index (χ4v) is 3.46. The summed E-state index contributed by atoms with van der Waals surface area (Å²) in [6, 6.07) is 6.16. The Labute approximate surface area is 143 Å². The maximum absolute atomic E-state index is 12.8. The molecular formula is C18H28FN3O2. The van der Waals surface area contributed by atoms with Crippen molar-refractivity contribution in [1.82, 2.24) is 15.1 Å². The lowest BCUT2D eigenvalue weighted by atomic mass is 10.0. The summed E-state index contributed by atoms with van der Waals surface area (Å²) >= 11 is 0. The quantitative estimate of drug-likeness (QED) is 0.725. The highest BCUT2D eigenvalue weighted by molar-refractivity contribution is 5.21. The molecule has 24 heavy (non-hydrogen) atoms. The number of hydrogen-bond acceptors (Lipinski definition) is 5. The van der Waals surface area contributed by atoms with Gasteiger partial charge >= 0.3 is 0 Å². The van der Waals surface area contributed by atoms with Gasteiger partial charge in [0.05, 0.1) is 12.2 Å². The van der Waals surface area contributed by atoms with Crippen molar-refractivity contribution in [2.75, 3.05) is 59.0 Å². The van der Waals surface area contributed by atoms with Crippen LogP contribution < -0.4 is 10.1 Å². The molecule has 0 bridgehead atoms. The largest absolute Gasteiger partial charge is 0.494 e. The first-order chi connectivity index (χ1) is 11.6. The van der Waals surface area contributed by atoms with Gasteiger partial charge in [-0.25, -0.2) is 4.39 Å². The van der Waals surface area contributed by atoms with Crippen molar-refractivity contribution in [2.45, 2.75) is 18.4 Å². The van der Waals surface area contributed by atoms with Gasteiger partial charge in [0, 0.05) is 45.8 Å². The van der Waals surface area contributed by atoms with E-state index in [2.05, 4.69) is 15.1 Å². The molecule has 5 nitrogen and oxygen atoms in total. The molecule has 1 atom stereocenters. The van der Waals surface area contributed by atoms with E-state index in [1.807, 2.05) is 0 Å². The zero-order valence-corrected chi connectivity index (χ0v) is 14.2. The van der Waals surface area contributed by atoms with Crippen molar-refractivity contribution >= 4 is 0 Å². The third kappa shape index (κ3) is 5.14. The van der Waals surface area contributed by atoms with Crippen molar-refractivity contribution < 1.29 is 14.2 Å². The Morgan fingerprint density at radius 3 is 2.50 bits per heavy atom. The number of aliphatic hydroxyl groups is 1. The summed E-state index contributed by atoms with van der Waals surface area (Å²) in [4.78, 5) is 4.82. The molecule has 1 aromatic rings. The lowest BCUT2D eigenvalue weighted by Crippen LogP contribution is -2.52. The minimum atomic E-state index is -0.537. The molecule has 0 unspecified atom stereocenters. The zero-order chi connectivity index (χ0) is 16.8. The van der Waals surface area contributed by atoms with Crippen LogP contribution in [-0.4, -0.2) is 79.5 Å². The Morgan fingerprint density at radius 2 is 1.83 bits per heavy atom. The highest BCUT2D eigenvalue weighted by Gasteiger charge is 2.33. The number of rotatable bonds is 7. The van der Waals surface area contributed by atoms with Crippen LogP contribution in [0.5, 0.6) is 5.75 Å². The lowest BCUT2D eigenvalue weighted by molar-refractivity contribution is 0.00483. The minimum absolute atomic E-state index is 0.238. The zero-order valence-electron chi connectivity index (χ0n) is 14.2. The lowest BCUT2D eigenvalue weighted by Gasteiger charge is -2.38. The van der Waals surface area contributed by atoms with Crippen LogP contribution in [0.25, 0.3) is 0 Å². The van der Waals surface area contributed by atoms with Gasteiger partial charge in [0.2, 0.25) is 0 Å². The number of nitrogens with one attached hydrogen (secondary N) is 1. The van der Waals surface area contributed by atoms with E-state index in [-0.39, 0.29) is 5.82 Å². The molecule has 0 amide bonds. The SMILES string of the molecule is O[C@]1(CN2CCN(CCCOc3ccc(F)cc3)CC2)CCNC1. The third-order valence-electron chi connectivity index (χ3n) is 4.91. The van der Waals surface area contributed by atoms with Gasteiger partial charge in [0.15, 0.2) is 0 Å². The fraction of sp³-hybridized carbons (Fsp3) is 0.667. The highest BCUT2D eigenvalue weighted by Crippen LogP contribution is 2.17. The van der Waals surface area contributed by atoms with Crippen LogP contribution in [0.4, 0.5) is 4.39 Å². The number of ether oxygens (including phenoxy) is 1. The Morgan fingerprint density at radius 1 is 1.12 bits per heavy atom. The van der Waals surface area contributed by atoms with Gasteiger partial charge in [0.1, 0.15) is 11.6 Å². The molecule has 2 N–H and O–H groups in total. The van der Waals surface area contributed by atoms with E-state index in [4.69, 9.17) is 4.74 Å². The van der Waals surface area contributed by atoms with Gasteiger partial charge in [-0.1, -0.05) is 0 Å². The first kappa shape index (κ1) is 17.6. The first-order valence-electron chi connectivity index (χ1n) is 8.89. The normalized spacial score (nSPS) is 25.9. The Bertz CT molecular complexity index is 497. The van der Waals surface area contributed by atoms with E-state index in [0.29, 0.717) is 13.2 Å². The number of piperazine rings is 1. The van der Waals surface area contributed by atoms with E-state index in [9.17, 15) is 9.50 Å². The van der Waals surface area contributed by atoms with E-state index in [1.54, 1.807) is 12.1 Å². The molecule has 2 aliphatic rings. The van der Waals surface area contributed by atoms with Gasteiger partial charge in [-0.05, 0) is 43.7 Å². The fourth-order valence-electron chi connectivity index (χ4n) is 3.46. The van der Waals surface area contributed by atoms with Gasteiger partial charge in [-0.2, -0.15) is 0 Å². The standard InChI is InChI=1S/C18H28FN3O2/c19-16-2-4-17(5-3-16)24-13-1-8-21-9-11-22(12-10-21)15-18(23)6-7-20-14-18/h2-5,20,23H,1,6-15H2/t18-/m1/s1. The molecule has 134 valence electrons. The highest BCUT2D eigenvalue weighted by atomic mass is 19.1. The average molecular weight is 337 g/mol. The van der Waals surface area contributed by atoms with Crippen molar-refractivity contribution in [3.8, 4) is 5.75 Å². The molecule has 3 rings (SSSR count). The van der Waals surface area contributed by atoms with Crippen LogP contribution in [0.3, 0.4) is 0 Å². The number of hydrogen-bond donors (Lipinski definition) is 2. The summed E-state index contributed by atoms with van der Waals surface area (Å²) < 4.78 is 18.4. The number of β-amino-alcohol motifs (C(OH)–C–C–N with tert-alkyl or cyclic N) is 1. The summed E-state index contributed by atoms with van der Waals surface area (Å²) in [6.45, 7) is 8.19. The second kappa shape index (κ2) is 8.25. The summed E-state index contributed by atoms with van der Waals surface area (Å²) in [5.74, 6) is 0.484. The van der Waals surface area contributed by atoms with E-state index in [1.165, 1.54) is 12.1 Å². The molecule has 0 aromatic heterocycles. The van der Waals surface area contributed by atoms with Gasteiger partial charge in [0.25, 0.3) is 0 Å². The second-order valence-electron chi connectivity index (χ2n) is 6.92. The molecule has 0 aliphatic carbocycles. The Balaban J connectivity index is 1.29.